The molecule has 1 aromatic heterocycles. The highest BCUT2D eigenvalue weighted by molar-refractivity contribution is 7.12. The number of carbonyl (C=O) groups is 2. The molecule has 1 amide bonds. The summed E-state index contributed by atoms with van der Waals surface area (Å²) in [6.45, 7) is 0.0349. The van der Waals surface area contributed by atoms with Gasteiger partial charge in [-0.1, -0.05) is 24.3 Å². The van der Waals surface area contributed by atoms with Crippen molar-refractivity contribution in [1.82, 2.24) is 5.32 Å². The molecule has 4 nitrogen and oxygen atoms in total. The van der Waals surface area contributed by atoms with E-state index in [0.29, 0.717) is 16.0 Å². The van der Waals surface area contributed by atoms with Crippen molar-refractivity contribution in [3.8, 4) is 0 Å². The lowest BCUT2D eigenvalue weighted by atomic mass is 10.0. The molecule has 0 bridgehead atoms. The summed E-state index contributed by atoms with van der Waals surface area (Å²) >= 11 is 1.34. The van der Waals surface area contributed by atoms with E-state index >= 15 is 0 Å². The Labute approximate surface area is 114 Å². The molecular weight excluding hydrogens is 262 g/mol. The third-order valence-electron chi connectivity index (χ3n) is 2.56. The molecule has 2 N–H and O–H groups in total. The topological polar surface area (TPSA) is 66.4 Å². The Morgan fingerprint density at radius 3 is 2.47 bits per heavy atom. The fourth-order valence-electron chi connectivity index (χ4n) is 1.68. The number of ketones is 1. The average Bonchev–Trinajstić information content (AvgIpc) is 2.98. The monoisotopic (exact) mass is 275 g/mol. The van der Waals surface area contributed by atoms with Crippen LogP contribution in [0.3, 0.4) is 0 Å². The third kappa shape index (κ3) is 3.07. The van der Waals surface area contributed by atoms with Crippen LogP contribution < -0.4 is 5.32 Å². The van der Waals surface area contributed by atoms with Crippen LogP contribution in [0.4, 0.5) is 0 Å². The summed E-state index contributed by atoms with van der Waals surface area (Å²) in [6, 6.07) is 10.2. The largest absolute Gasteiger partial charge is 0.395 e. The summed E-state index contributed by atoms with van der Waals surface area (Å²) in [5, 5.41) is 13.1. The lowest BCUT2D eigenvalue weighted by molar-refractivity contribution is 0.0934. The van der Waals surface area contributed by atoms with Crippen LogP contribution in [0.5, 0.6) is 0 Å². The molecule has 0 aliphatic carbocycles. The highest BCUT2D eigenvalue weighted by atomic mass is 32.1. The first-order valence-electron chi connectivity index (χ1n) is 5.80. The highest BCUT2D eigenvalue weighted by Gasteiger charge is 2.18. The van der Waals surface area contributed by atoms with E-state index in [-0.39, 0.29) is 24.8 Å². The summed E-state index contributed by atoms with van der Waals surface area (Å²) in [6.07, 6.45) is 0. The first-order valence-corrected chi connectivity index (χ1v) is 6.68. The van der Waals surface area contributed by atoms with Gasteiger partial charge < -0.3 is 10.4 Å². The fraction of sp³-hybridized carbons (Fsp3) is 0.143. The predicted octanol–water partition coefficient (Wildman–Crippen LogP) is 1.70. The zero-order valence-corrected chi connectivity index (χ0v) is 10.9. The first kappa shape index (κ1) is 13.5. The van der Waals surface area contributed by atoms with Crippen molar-refractivity contribution < 1.29 is 14.7 Å². The number of amides is 1. The van der Waals surface area contributed by atoms with Crippen LogP contribution in [0.2, 0.25) is 0 Å². The van der Waals surface area contributed by atoms with Crippen molar-refractivity contribution in [3.05, 3.63) is 57.8 Å². The van der Waals surface area contributed by atoms with Crippen molar-refractivity contribution >= 4 is 23.0 Å². The molecule has 0 aliphatic heterocycles. The molecule has 2 rings (SSSR count). The number of aliphatic hydroxyl groups excluding tert-OH is 1. The number of hydrogen-bond donors (Lipinski definition) is 2. The van der Waals surface area contributed by atoms with Gasteiger partial charge >= 0.3 is 0 Å². The van der Waals surface area contributed by atoms with Crippen LogP contribution >= 0.6 is 11.3 Å². The van der Waals surface area contributed by atoms with E-state index in [1.165, 1.54) is 11.3 Å². The molecule has 0 fully saturated rings. The Bertz CT molecular complexity index is 578. The minimum Gasteiger partial charge on any atom is -0.395 e. The van der Waals surface area contributed by atoms with Crippen molar-refractivity contribution in [3.63, 3.8) is 0 Å². The zero-order chi connectivity index (χ0) is 13.7. The van der Waals surface area contributed by atoms with E-state index in [1.807, 2.05) is 5.38 Å². The summed E-state index contributed by atoms with van der Waals surface area (Å²) in [7, 11) is 0. The molecule has 5 heteroatoms. The van der Waals surface area contributed by atoms with Gasteiger partial charge in [-0.3, -0.25) is 9.59 Å². The molecule has 0 radical (unpaired) electrons. The van der Waals surface area contributed by atoms with Crippen LogP contribution in [0.15, 0.2) is 41.8 Å². The molecule has 1 aromatic carbocycles. The zero-order valence-electron chi connectivity index (χ0n) is 10.1. The Hall–Kier alpha value is -1.98. The van der Waals surface area contributed by atoms with E-state index in [0.717, 1.165) is 0 Å². The lowest BCUT2D eigenvalue weighted by Crippen LogP contribution is -2.28. The van der Waals surface area contributed by atoms with Crippen molar-refractivity contribution in [2.75, 3.05) is 13.2 Å². The summed E-state index contributed by atoms with van der Waals surface area (Å²) in [4.78, 5) is 24.8. The van der Waals surface area contributed by atoms with Crippen molar-refractivity contribution in [2.45, 2.75) is 0 Å². The Kier molecular flexibility index (Phi) is 4.43. The van der Waals surface area contributed by atoms with Gasteiger partial charge in [-0.15, -0.1) is 11.3 Å². The quantitative estimate of drug-likeness (QED) is 0.816. The van der Waals surface area contributed by atoms with Gasteiger partial charge in [-0.25, -0.2) is 0 Å². The van der Waals surface area contributed by atoms with Gasteiger partial charge in [0.25, 0.3) is 5.91 Å². The van der Waals surface area contributed by atoms with Crippen LogP contribution in [0.1, 0.15) is 25.6 Å². The second kappa shape index (κ2) is 6.26. The van der Waals surface area contributed by atoms with E-state index in [2.05, 4.69) is 5.32 Å². The normalized spacial score (nSPS) is 10.2. The summed E-state index contributed by atoms with van der Waals surface area (Å²) in [5.74, 6) is -0.515. The third-order valence-corrected chi connectivity index (χ3v) is 3.43. The Morgan fingerprint density at radius 1 is 1.11 bits per heavy atom. The molecule has 19 heavy (non-hydrogen) atoms. The molecule has 0 unspecified atom stereocenters. The number of rotatable bonds is 5. The molecule has 0 saturated heterocycles. The van der Waals surface area contributed by atoms with Crippen molar-refractivity contribution in [1.29, 1.82) is 0 Å². The molecule has 1 heterocycles. The van der Waals surface area contributed by atoms with E-state index in [1.54, 1.807) is 36.4 Å². The van der Waals surface area contributed by atoms with E-state index in [4.69, 9.17) is 5.11 Å². The molecule has 0 saturated carbocycles. The molecule has 0 aliphatic rings. The maximum atomic E-state index is 12.3. The number of carbonyl (C=O) groups excluding carboxylic acids is 2. The average molecular weight is 275 g/mol. The van der Waals surface area contributed by atoms with Crippen LogP contribution in [-0.2, 0) is 0 Å². The minimum atomic E-state index is -0.352. The van der Waals surface area contributed by atoms with Gasteiger partial charge in [0.1, 0.15) is 0 Å². The van der Waals surface area contributed by atoms with Gasteiger partial charge in [0.15, 0.2) is 0 Å². The number of benzene rings is 1. The fourth-order valence-corrected chi connectivity index (χ4v) is 2.36. The molecule has 98 valence electrons. The Morgan fingerprint density at radius 2 is 1.84 bits per heavy atom. The lowest BCUT2D eigenvalue weighted by Gasteiger charge is -2.07. The van der Waals surface area contributed by atoms with Crippen LogP contribution in [-0.4, -0.2) is 29.9 Å². The second-order valence-corrected chi connectivity index (χ2v) is 4.78. The second-order valence-electron chi connectivity index (χ2n) is 3.83. The van der Waals surface area contributed by atoms with E-state index < -0.39 is 0 Å². The first-order chi connectivity index (χ1) is 9.24. The number of nitrogens with one attached hydrogen (secondary N) is 1. The Balaban J connectivity index is 2.31. The number of hydrogen-bond acceptors (Lipinski definition) is 4. The van der Waals surface area contributed by atoms with Gasteiger partial charge in [0.2, 0.25) is 5.78 Å². The summed E-state index contributed by atoms with van der Waals surface area (Å²) in [5.41, 5.74) is 0.703. The number of aliphatic hydroxyl groups is 1. The molecule has 0 atom stereocenters. The van der Waals surface area contributed by atoms with Crippen LogP contribution in [0, 0.1) is 0 Å². The maximum absolute atomic E-state index is 12.3. The SMILES string of the molecule is O=C(NCCO)c1ccccc1C(=O)c1cccs1. The molecular formula is C14H13NO3S. The predicted molar refractivity (Wildman–Crippen MR) is 73.6 cm³/mol. The van der Waals surface area contributed by atoms with Gasteiger partial charge in [-0.05, 0) is 17.5 Å². The highest BCUT2D eigenvalue weighted by Crippen LogP contribution is 2.18. The van der Waals surface area contributed by atoms with E-state index in [9.17, 15) is 9.59 Å². The van der Waals surface area contributed by atoms with Crippen LogP contribution in [0.25, 0.3) is 0 Å². The summed E-state index contributed by atoms with van der Waals surface area (Å²) < 4.78 is 0. The standard InChI is InChI=1S/C14H13NO3S/c16-8-7-15-14(18)11-5-2-1-4-10(11)13(17)12-6-3-9-19-12/h1-6,9,16H,7-8H2,(H,15,18). The van der Waals surface area contributed by atoms with Crippen molar-refractivity contribution in [2.24, 2.45) is 0 Å². The van der Waals surface area contributed by atoms with Gasteiger partial charge in [0.05, 0.1) is 17.0 Å². The molecule has 0 spiro atoms. The smallest absolute Gasteiger partial charge is 0.252 e. The molecule has 2 aromatic rings. The minimum absolute atomic E-state index is 0.132. The maximum Gasteiger partial charge on any atom is 0.252 e. The van der Waals surface area contributed by atoms with Gasteiger partial charge in [0, 0.05) is 12.1 Å². The number of thiophene rings is 1. The van der Waals surface area contributed by atoms with Gasteiger partial charge in [-0.2, -0.15) is 0 Å².